The van der Waals surface area contributed by atoms with Crippen LogP contribution < -0.4 is 5.73 Å². The van der Waals surface area contributed by atoms with Crippen LogP contribution >= 0.6 is 58.0 Å². The van der Waals surface area contributed by atoms with Gasteiger partial charge in [-0.05, 0) is 46.9 Å². The number of alkyl halides is 6. The molecule has 0 spiro atoms. The number of aromatic nitrogens is 2. The van der Waals surface area contributed by atoms with Crippen LogP contribution in [0.1, 0.15) is 11.3 Å². The van der Waals surface area contributed by atoms with Gasteiger partial charge in [0.2, 0.25) is 10.6 Å². The van der Waals surface area contributed by atoms with Gasteiger partial charge in [-0.15, -0.1) is 5.10 Å². The molecule has 5 nitrogen and oxygen atoms in total. The van der Waals surface area contributed by atoms with Crippen molar-refractivity contribution in [2.45, 2.75) is 14.2 Å². The first kappa shape index (κ1) is 21.6. The minimum absolute atomic E-state index is 0.261. The molecule has 0 amide bonds. The second-order valence-electron chi connectivity index (χ2n) is 4.59. The smallest absolute Gasteiger partial charge is 0.416 e. The Hall–Kier alpha value is -0.730. The summed E-state index contributed by atoms with van der Waals surface area (Å²) in [6, 6.07) is 2.80. The molecule has 14 heteroatoms. The molecule has 2 aromatic rings. The van der Waals surface area contributed by atoms with Crippen molar-refractivity contribution < 1.29 is 17.7 Å². The van der Waals surface area contributed by atoms with Gasteiger partial charge in [-0.1, -0.05) is 23.2 Å². The van der Waals surface area contributed by atoms with Gasteiger partial charge in [0.25, 0.3) is 0 Å². The highest BCUT2D eigenvalue weighted by Gasteiger charge is 2.43. The molecule has 1 unspecified atom stereocenters. The third kappa shape index (κ3) is 4.07. The molecule has 1 atom stereocenters. The second-order valence-corrected chi connectivity index (χ2v) is 9.91. The predicted molar refractivity (Wildman–Crippen MR) is 94.4 cm³/mol. The van der Waals surface area contributed by atoms with E-state index in [9.17, 15) is 17.7 Å². The standard InChI is InChI=1S/C12H4Cl5F3N4OS/c13-5-1-4(11(18,19)20)2-6(14)8(5)24-10(22)9(7(3-21)23-24)26(25)12(15,16)17/h1-2H,22H2. The van der Waals surface area contributed by atoms with E-state index >= 15 is 0 Å². The van der Waals surface area contributed by atoms with Crippen LogP contribution in [0.2, 0.25) is 10.0 Å². The number of rotatable bonds is 2. The minimum Gasteiger partial charge on any atom is -0.608 e. The largest absolute Gasteiger partial charge is 0.608 e. The lowest BCUT2D eigenvalue weighted by Gasteiger charge is -2.17. The summed E-state index contributed by atoms with van der Waals surface area (Å²) in [5.41, 5.74) is 3.97. The maximum atomic E-state index is 12.8. The van der Waals surface area contributed by atoms with Crippen molar-refractivity contribution in [3.05, 3.63) is 33.4 Å². The van der Waals surface area contributed by atoms with Crippen LogP contribution in [0.15, 0.2) is 17.0 Å². The summed E-state index contributed by atoms with van der Waals surface area (Å²) < 4.78 is 49.2. The van der Waals surface area contributed by atoms with Crippen LogP contribution in [0, 0.1) is 11.3 Å². The highest BCUT2D eigenvalue weighted by Crippen LogP contribution is 2.43. The summed E-state index contributed by atoms with van der Waals surface area (Å²) in [5, 5.41) is 12.0. The Labute approximate surface area is 172 Å². The lowest BCUT2D eigenvalue weighted by atomic mass is 10.2. The van der Waals surface area contributed by atoms with Gasteiger partial charge in [0.1, 0.15) is 11.8 Å². The first-order chi connectivity index (χ1) is 11.8. The van der Waals surface area contributed by atoms with Crippen molar-refractivity contribution in [3.63, 3.8) is 0 Å². The van der Waals surface area contributed by atoms with Gasteiger partial charge in [0.05, 0.1) is 15.6 Å². The molecule has 2 N–H and O–H groups in total. The van der Waals surface area contributed by atoms with Gasteiger partial charge >= 0.3 is 9.30 Å². The number of hydrogen-bond donors (Lipinski definition) is 1. The Balaban J connectivity index is 2.72. The molecule has 26 heavy (non-hydrogen) atoms. The molecule has 0 aliphatic rings. The molecule has 1 heterocycles. The highest BCUT2D eigenvalue weighted by molar-refractivity contribution is 7.97. The lowest BCUT2D eigenvalue weighted by Crippen LogP contribution is -2.21. The number of nitriles is 1. The fraction of sp³-hybridized carbons (Fsp3) is 0.167. The fourth-order valence-electron chi connectivity index (χ4n) is 1.89. The van der Waals surface area contributed by atoms with Gasteiger partial charge in [-0.2, -0.15) is 18.4 Å². The van der Waals surface area contributed by atoms with Crippen LogP contribution in [0.3, 0.4) is 0 Å². The van der Waals surface area contributed by atoms with Gasteiger partial charge < -0.3 is 10.3 Å². The second kappa shape index (κ2) is 7.36. The van der Waals surface area contributed by atoms with E-state index in [4.69, 9.17) is 69.0 Å². The van der Waals surface area contributed by atoms with E-state index in [-0.39, 0.29) is 5.69 Å². The number of benzene rings is 1. The van der Waals surface area contributed by atoms with E-state index in [0.717, 1.165) is 4.68 Å². The van der Waals surface area contributed by atoms with Crippen LogP contribution in [-0.2, 0) is 17.4 Å². The van der Waals surface area contributed by atoms with Crippen LogP contribution in [-0.4, -0.2) is 17.5 Å². The number of anilines is 1. The van der Waals surface area contributed by atoms with Crippen molar-refractivity contribution in [1.82, 2.24) is 9.78 Å². The normalized spacial score (nSPS) is 13.5. The molecule has 1 aromatic carbocycles. The van der Waals surface area contributed by atoms with Crippen molar-refractivity contribution in [2.75, 3.05) is 5.73 Å². The Bertz CT molecular complexity index is 883. The summed E-state index contributed by atoms with van der Waals surface area (Å²) in [6.07, 6.45) is -4.69. The summed E-state index contributed by atoms with van der Waals surface area (Å²) in [6.45, 7) is 0. The van der Waals surface area contributed by atoms with Crippen molar-refractivity contribution in [2.24, 2.45) is 0 Å². The summed E-state index contributed by atoms with van der Waals surface area (Å²) in [4.78, 5) is -0.417. The average Bonchev–Trinajstić information content (AvgIpc) is 2.80. The number of hydrogen-bond acceptors (Lipinski definition) is 4. The van der Waals surface area contributed by atoms with Gasteiger partial charge in [-0.25, -0.2) is 4.68 Å². The van der Waals surface area contributed by atoms with Gasteiger partial charge in [-0.3, -0.25) is 0 Å². The molecular weight excluding hydrogens is 482 g/mol. The number of halogens is 8. The summed E-state index contributed by atoms with van der Waals surface area (Å²) in [5.74, 6) is -0.435. The summed E-state index contributed by atoms with van der Waals surface area (Å²) >= 11 is 26.0. The molecule has 1 aromatic heterocycles. The number of nitrogens with two attached hydrogens (primary N) is 1. The van der Waals surface area contributed by atoms with E-state index in [1.807, 2.05) is 0 Å². The van der Waals surface area contributed by atoms with Crippen LogP contribution in [0.4, 0.5) is 19.0 Å². The molecule has 140 valence electrons. The van der Waals surface area contributed by atoms with Crippen molar-refractivity contribution in [1.29, 1.82) is 5.26 Å². The molecular formula is C12H4Cl5F3N4OS. The zero-order valence-electron chi connectivity index (χ0n) is 11.9. The predicted octanol–water partition coefficient (Wildman–Crippen LogP) is 5.09. The maximum absolute atomic E-state index is 12.8. The zero-order chi connectivity index (χ0) is 20.0. The van der Waals surface area contributed by atoms with Crippen molar-refractivity contribution in [3.8, 4) is 11.8 Å². The van der Waals surface area contributed by atoms with E-state index in [2.05, 4.69) is 5.10 Å². The van der Waals surface area contributed by atoms with Crippen LogP contribution in [0.5, 0.6) is 0 Å². The monoisotopic (exact) mass is 484 g/mol. The molecule has 2 rings (SSSR count). The van der Waals surface area contributed by atoms with E-state index in [1.165, 1.54) is 0 Å². The van der Waals surface area contributed by atoms with E-state index < -0.39 is 52.5 Å². The van der Waals surface area contributed by atoms with Gasteiger partial charge in [0, 0.05) is 11.2 Å². The Morgan fingerprint density at radius 3 is 2.08 bits per heavy atom. The van der Waals surface area contributed by atoms with Gasteiger partial charge in [0.15, 0.2) is 5.82 Å². The molecule has 0 fully saturated rings. The minimum atomic E-state index is -4.69. The summed E-state index contributed by atoms with van der Waals surface area (Å²) in [7, 11) is 0. The molecule has 0 saturated carbocycles. The maximum Gasteiger partial charge on any atom is 0.416 e. The third-order valence-electron chi connectivity index (χ3n) is 2.93. The molecule has 0 radical (unpaired) electrons. The Kier molecular flexibility index (Phi) is 6.10. The number of nitrogen functional groups attached to an aromatic ring is 1. The van der Waals surface area contributed by atoms with E-state index in [1.54, 1.807) is 6.07 Å². The van der Waals surface area contributed by atoms with Crippen LogP contribution in [0.25, 0.3) is 5.69 Å². The quantitative estimate of drug-likeness (QED) is 0.473. The molecule has 0 bridgehead atoms. The first-order valence-electron chi connectivity index (χ1n) is 6.12. The SMILES string of the molecule is N#Cc1nn(-c2c(Cl)cc(C(F)(F)F)cc2Cl)c(N)c1[S+]([O-])C(Cl)(Cl)Cl. The molecule has 0 saturated heterocycles. The zero-order valence-corrected chi connectivity index (χ0v) is 16.5. The average molecular weight is 487 g/mol. The topological polar surface area (TPSA) is 90.7 Å². The Morgan fingerprint density at radius 1 is 1.19 bits per heavy atom. The lowest BCUT2D eigenvalue weighted by molar-refractivity contribution is -0.137. The molecule has 0 aliphatic carbocycles. The number of nitrogens with zero attached hydrogens (tertiary/aromatic N) is 3. The fourth-order valence-corrected chi connectivity index (χ4v) is 4.00. The first-order valence-corrected chi connectivity index (χ1v) is 9.16. The third-order valence-corrected chi connectivity index (χ3v) is 5.96. The highest BCUT2D eigenvalue weighted by atomic mass is 35.6. The van der Waals surface area contributed by atoms with Crippen molar-refractivity contribution >= 4 is 75.0 Å². The van der Waals surface area contributed by atoms with E-state index in [0.29, 0.717) is 12.1 Å². The molecule has 0 aliphatic heterocycles. The Morgan fingerprint density at radius 2 is 1.69 bits per heavy atom.